The van der Waals surface area contributed by atoms with Crippen molar-refractivity contribution in [2.45, 2.75) is 26.0 Å². The molecule has 2 rings (SSSR count). The number of nitrogens with zero attached hydrogens (tertiary/aromatic N) is 4. The number of hydrogen-bond donors (Lipinski definition) is 2. The fourth-order valence-corrected chi connectivity index (χ4v) is 1.71. The normalized spacial score (nSPS) is 12.3. The van der Waals surface area contributed by atoms with Crippen molar-refractivity contribution in [1.82, 2.24) is 19.7 Å². The summed E-state index contributed by atoms with van der Waals surface area (Å²) in [6, 6.07) is 5.43. The summed E-state index contributed by atoms with van der Waals surface area (Å²) in [6.07, 6.45) is 0.350. The van der Waals surface area contributed by atoms with Crippen molar-refractivity contribution in [3.8, 4) is 11.5 Å². The zero-order chi connectivity index (χ0) is 13.8. The first-order valence-corrected chi connectivity index (χ1v) is 5.81. The molecule has 0 fully saturated rings. The van der Waals surface area contributed by atoms with Gasteiger partial charge in [0.2, 0.25) is 0 Å². The molecule has 100 valence electrons. The number of aliphatic hydroxyl groups excluding tert-OH is 1. The van der Waals surface area contributed by atoms with Crippen molar-refractivity contribution in [3.05, 3.63) is 30.2 Å². The molecule has 0 aliphatic carbocycles. The van der Waals surface area contributed by atoms with Gasteiger partial charge in [0.1, 0.15) is 11.5 Å². The second-order valence-corrected chi connectivity index (χ2v) is 4.08. The van der Waals surface area contributed by atoms with Crippen LogP contribution in [0.4, 0.5) is 0 Å². The lowest BCUT2D eigenvalue weighted by molar-refractivity contribution is -0.147. The van der Waals surface area contributed by atoms with Crippen LogP contribution in [0, 0.1) is 6.92 Å². The summed E-state index contributed by atoms with van der Waals surface area (Å²) in [4.78, 5) is 14.8. The topological polar surface area (TPSA) is 101 Å². The van der Waals surface area contributed by atoms with Gasteiger partial charge in [0.15, 0.2) is 11.9 Å². The molecule has 7 heteroatoms. The van der Waals surface area contributed by atoms with Crippen LogP contribution >= 0.6 is 0 Å². The first kappa shape index (κ1) is 13.2. The van der Waals surface area contributed by atoms with E-state index in [0.29, 0.717) is 23.9 Å². The highest BCUT2D eigenvalue weighted by Gasteiger charge is 2.16. The van der Waals surface area contributed by atoms with Gasteiger partial charge in [0.05, 0.1) is 0 Å². The highest BCUT2D eigenvalue weighted by molar-refractivity contribution is 5.71. The van der Waals surface area contributed by atoms with E-state index in [1.807, 2.05) is 6.07 Å². The van der Waals surface area contributed by atoms with Crippen molar-refractivity contribution >= 4 is 5.97 Å². The van der Waals surface area contributed by atoms with Crippen LogP contribution in [-0.2, 0) is 11.3 Å². The van der Waals surface area contributed by atoms with Gasteiger partial charge in [0.25, 0.3) is 0 Å². The molecule has 0 radical (unpaired) electrons. The van der Waals surface area contributed by atoms with Crippen LogP contribution in [0.1, 0.15) is 12.2 Å². The Morgan fingerprint density at radius 3 is 2.84 bits per heavy atom. The van der Waals surface area contributed by atoms with E-state index < -0.39 is 12.1 Å². The average molecular weight is 262 g/mol. The molecule has 2 aromatic rings. The molecule has 2 N–H and O–H groups in total. The number of carbonyl (C=O) groups is 1. The van der Waals surface area contributed by atoms with Crippen LogP contribution in [0.25, 0.3) is 11.5 Å². The van der Waals surface area contributed by atoms with E-state index in [2.05, 4.69) is 15.2 Å². The van der Waals surface area contributed by atoms with Crippen molar-refractivity contribution in [2.24, 2.45) is 0 Å². The maximum absolute atomic E-state index is 10.6. The van der Waals surface area contributed by atoms with Gasteiger partial charge >= 0.3 is 5.97 Å². The minimum atomic E-state index is -1.39. The standard InChI is InChI=1S/C12H14N4O3/c1-8-14-15-11(9-4-2-3-6-13-9)16(8)7-5-10(17)12(18)19/h2-4,6,10,17H,5,7H2,1H3,(H,18,19). The van der Waals surface area contributed by atoms with E-state index in [1.54, 1.807) is 29.8 Å². The zero-order valence-corrected chi connectivity index (χ0v) is 10.4. The van der Waals surface area contributed by atoms with Crippen LogP contribution in [0.15, 0.2) is 24.4 Å². The molecule has 0 saturated carbocycles. The monoisotopic (exact) mass is 262 g/mol. The van der Waals surface area contributed by atoms with E-state index in [1.165, 1.54) is 0 Å². The maximum atomic E-state index is 10.6. The highest BCUT2D eigenvalue weighted by atomic mass is 16.4. The molecule has 0 aromatic carbocycles. The molecule has 1 atom stereocenters. The van der Waals surface area contributed by atoms with Crippen LogP contribution in [0.3, 0.4) is 0 Å². The fraction of sp³-hybridized carbons (Fsp3) is 0.333. The number of aliphatic hydroxyl groups is 1. The quantitative estimate of drug-likeness (QED) is 0.813. The van der Waals surface area contributed by atoms with Gasteiger partial charge in [-0.1, -0.05) is 6.07 Å². The van der Waals surface area contributed by atoms with Crippen molar-refractivity contribution in [2.75, 3.05) is 0 Å². The van der Waals surface area contributed by atoms with E-state index >= 15 is 0 Å². The predicted molar refractivity (Wildman–Crippen MR) is 66.2 cm³/mol. The molecule has 1 unspecified atom stereocenters. The largest absolute Gasteiger partial charge is 0.479 e. The molecule has 0 spiro atoms. The number of aromatic nitrogens is 4. The third-order valence-electron chi connectivity index (χ3n) is 2.74. The van der Waals surface area contributed by atoms with E-state index in [0.717, 1.165) is 0 Å². The number of hydrogen-bond acceptors (Lipinski definition) is 5. The van der Waals surface area contributed by atoms with Gasteiger partial charge in [-0.25, -0.2) is 4.79 Å². The summed E-state index contributed by atoms with van der Waals surface area (Å²) in [5.41, 5.74) is 0.660. The summed E-state index contributed by atoms with van der Waals surface area (Å²) in [5.74, 6) is -0.0148. The second-order valence-electron chi connectivity index (χ2n) is 4.08. The molecule has 0 saturated heterocycles. The van der Waals surface area contributed by atoms with Crippen molar-refractivity contribution in [1.29, 1.82) is 0 Å². The molecule has 2 heterocycles. The van der Waals surface area contributed by atoms with Crippen LogP contribution in [0.5, 0.6) is 0 Å². The van der Waals surface area contributed by atoms with Crippen LogP contribution in [0.2, 0.25) is 0 Å². The third kappa shape index (κ3) is 2.94. The van der Waals surface area contributed by atoms with E-state index in [9.17, 15) is 9.90 Å². The Kier molecular flexibility index (Phi) is 3.86. The molecule has 0 amide bonds. The molecule has 2 aromatic heterocycles. The molecular formula is C12H14N4O3. The van der Waals surface area contributed by atoms with Crippen molar-refractivity contribution < 1.29 is 15.0 Å². The first-order valence-electron chi connectivity index (χ1n) is 5.81. The van der Waals surface area contributed by atoms with Gasteiger partial charge in [0, 0.05) is 19.2 Å². The predicted octanol–water partition coefficient (Wildman–Crippen LogP) is 0.484. The summed E-state index contributed by atoms with van der Waals surface area (Å²) >= 11 is 0. The Bertz CT molecular complexity index is 568. The smallest absolute Gasteiger partial charge is 0.332 e. The van der Waals surface area contributed by atoms with E-state index in [-0.39, 0.29) is 6.42 Å². The Hall–Kier alpha value is -2.28. The number of pyridine rings is 1. The summed E-state index contributed by atoms with van der Waals surface area (Å²) in [6.45, 7) is 2.09. The maximum Gasteiger partial charge on any atom is 0.332 e. The Balaban J connectivity index is 2.21. The molecule has 19 heavy (non-hydrogen) atoms. The Morgan fingerprint density at radius 2 is 2.21 bits per heavy atom. The number of carboxylic acids is 1. The van der Waals surface area contributed by atoms with Crippen LogP contribution in [-0.4, -0.2) is 42.0 Å². The lowest BCUT2D eigenvalue weighted by atomic mass is 10.2. The number of aliphatic carboxylic acids is 1. The third-order valence-corrected chi connectivity index (χ3v) is 2.74. The number of aryl methyl sites for hydroxylation is 1. The summed E-state index contributed by atoms with van der Waals surface area (Å²) in [5, 5.41) is 26.0. The Labute approximate surface area is 109 Å². The SMILES string of the molecule is Cc1nnc(-c2ccccn2)n1CCC(O)C(=O)O. The number of carboxylic acid groups (broad SMARTS) is 1. The lowest BCUT2D eigenvalue weighted by Gasteiger charge is -2.09. The average Bonchev–Trinajstić information content (AvgIpc) is 2.78. The molecule has 0 aliphatic rings. The second kappa shape index (κ2) is 5.57. The summed E-state index contributed by atoms with van der Waals surface area (Å²) < 4.78 is 1.74. The van der Waals surface area contributed by atoms with Gasteiger partial charge in [-0.3, -0.25) is 4.98 Å². The van der Waals surface area contributed by atoms with Gasteiger partial charge in [-0.15, -0.1) is 10.2 Å². The fourth-order valence-electron chi connectivity index (χ4n) is 1.71. The zero-order valence-electron chi connectivity index (χ0n) is 10.4. The molecule has 7 nitrogen and oxygen atoms in total. The number of rotatable bonds is 5. The lowest BCUT2D eigenvalue weighted by Crippen LogP contribution is -2.21. The Morgan fingerprint density at radius 1 is 1.42 bits per heavy atom. The first-order chi connectivity index (χ1) is 9.09. The molecule has 0 bridgehead atoms. The summed E-state index contributed by atoms with van der Waals surface area (Å²) in [7, 11) is 0. The molecule has 0 aliphatic heterocycles. The van der Waals surface area contributed by atoms with E-state index in [4.69, 9.17) is 5.11 Å². The minimum Gasteiger partial charge on any atom is -0.479 e. The minimum absolute atomic E-state index is 0.0913. The van der Waals surface area contributed by atoms with Crippen LogP contribution < -0.4 is 0 Å². The molecular weight excluding hydrogens is 248 g/mol. The van der Waals surface area contributed by atoms with Gasteiger partial charge in [-0.2, -0.15) is 0 Å². The van der Waals surface area contributed by atoms with Gasteiger partial charge in [-0.05, 0) is 19.1 Å². The van der Waals surface area contributed by atoms with Crippen molar-refractivity contribution in [3.63, 3.8) is 0 Å². The van der Waals surface area contributed by atoms with Gasteiger partial charge < -0.3 is 14.8 Å². The highest BCUT2D eigenvalue weighted by Crippen LogP contribution is 2.16.